The number of Topliss-reactive ketones (excluding diaryl/α,β-unsaturated/α-hetero) is 1. The van der Waals surface area contributed by atoms with E-state index < -0.39 is 5.92 Å². The highest BCUT2D eigenvalue weighted by molar-refractivity contribution is 7.18. The van der Waals surface area contributed by atoms with Crippen LogP contribution in [0.1, 0.15) is 28.4 Å². The topological polar surface area (TPSA) is 88.6 Å². The van der Waals surface area contributed by atoms with E-state index in [0.717, 1.165) is 17.0 Å². The summed E-state index contributed by atoms with van der Waals surface area (Å²) in [4.78, 5) is 35.2. The van der Waals surface area contributed by atoms with Crippen molar-refractivity contribution in [1.82, 2.24) is 14.5 Å². The molecule has 0 aromatic carbocycles. The molecule has 0 radical (unpaired) electrons. The van der Waals surface area contributed by atoms with Crippen LogP contribution in [0.5, 0.6) is 0 Å². The van der Waals surface area contributed by atoms with Gasteiger partial charge in [-0.3, -0.25) is 14.2 Å². The lowest BCUT2D eigenvalue weighted by Crippen LogP contribution is -2.26. The third-order valence-corrected chi connectivity index (χ3v) is 5.79. The van der Waals surface area contributed by atoms with Crippen molar-refractivity contribution in [3.63, 3.8) is 0 Å². The summed E-state index contributed by atoms with van der Waals surface area (Å²) in [6.07, 6.45) is 2.21. The molecule has 0 N–H and O–H groups in total. The van der Waals surface area contributed by atoms with Crippen molar-refractivity contribution in [2.75, 3.05) is 0 Å². The van der Waals surface area contributed by atoms with Crippen molar-refractivity contribution in [1.29, 1.82) is 5.26 Å². The number of fused-ring (bicyclic) bond motifs is 1. The molecule has 3 rings (SSSR count). The SMILES string of the molecule is CCc1cc2c(=O)n(CC(=O)C(C#N)c3nc(C)cs3)cnc2s1. The summed E-state index contributed by atoms with van der Waals surface area (Å²) < 4.78 is 1.27. The van der Waals surface area contributed by atoms with Gasteiger partial charge >= 0.3 is 0 Å². The number of ketones is 1. The number of hydrogen-bond acceptors (Lipinski definition) is 7. The molecule has 0 saturated heterocycles. The average molecular weight is 358 g/mol. The van der Waals surface area contributed by atoms with Crippen molar-refractivity contribution in [2.24, 2.45) is 0 Å². The van der Waals surface area contributed by atoms with Gasteiger partial charge in [0.15, 0.2) is 11.7 Å². The minimum absolute atomic E-state index is 0.185. The van der Waals surface area contributed by atoms with E-state index in [-0.39, 0.29) is 17.9 Å². The quantitative estimate of drug-likeness (QED) is 0.699. The average Bonchev–Trinajstić information content (AvgIpc) is 3.17. The van der Waals surface area contributed by atoms with Crippen LogP contribution in [0.2, 0.25) is 0 Å². The molecule has 122 valence electrons. The van der Waals surface area contributed by atoms with E-state index in [1.54, 1.807) is 5.38 Å². The summed E-state index contributed by atoms with van der Waals surface area (Å²) in [5, 5.41) is 12.1. The van der Waals surface area contributed by atoms with E-state index in [1.165, 1.54) is 33.6 Å². The number of nitriles is 1. The molecule has 0 aliphatic heterocycles. The number of nitrogens with zero attached hydrogens (tertiary/aromatic N) is 4. The predicted molar refractivity (Wildman–Crippen MR) is 93.5 cm³/mol. The number of carbonyl (C=O) groups excluding carboxylic acids is 1. The molecule has 3 aromatic rings. The number of carbonyl (C=O) groups is 1. The van der Waals surface area contributed by atoms with Gasteiger partial charge in [-0.1, -0.05) is 6.92 Å². The standard InChI is InChI=1S/C16H14N4O2S2/c1-3-10-4-11-14(24-10)18-8-20(16(11)22)6-13(21)12(5-17)15-19-9(2)7-23-15/h4,7-8,12H,3,6H2,1-2H3. The fraction of sp³-hybridized carbons (Fsp3) is 0.312. The fourth-order valence-electron chi connectivity index (χ4n) is 2.33. The number of aromatic nitrogens is 3. The van der Waals surface area contributed by atoms with Crippen LogP contribution >= 0.6 is 22.7 Å². The van der Waals surface area contributed by atoms with Gasteiger partial charge in [0.25, 0.3) is 5.56 Å². The zero-order valence-corrected chi connectivity index (χ0v) is 14.8. The van der Waals surface area contributed by atoms with Crippen LogP contribution in [-0.4, -0.2) is 20.3 Å². The molecule has 1 unspecified atom stereocenters. The minimum atomic E-state index is -0.958. The third kappa shape index (κ3) is 3.00. The summed E-state index contributed by atoms with van der Waals surface area (Å²) in [5.41, 5.74) is 0.519. The second-order valence-corrected chi connectivity index (χ2v) is 7.32. The predicted octanol–water partition coefficient (Wildman–Crippen LogP) is 2.66. The van der Waals surface area contributed by atoms with E-state index in [0.29, 0.717) is 15.2 Å². The molecular weight excluding hydrogens is 344 g/mol. The Balaban J connectivity index is 1.91. The van der Waals surface area contributed by atoms with Gasteiger partial charge in [0, 0.05) is 16.0 Å². The Morgan fingerprint density at radius 1 is 1.50 bits per heavy atom. The van der Waals surface area contributed by atoms with Crippen LogP contribution in [0.25, 0.3) is 10.2 Å². The number of aryl methyl sites for hydroxylation is 2. The summed E-state index contributed by atoms with van der Waals surface area (Å²) in [5.74, 6) is -1.32. The smallest absolute Gasteiger partial charge is 0.262 e. The van der Waals surface area contributed by atoms with Gasteiger partial charge in [-0.25, -0.2) is 9.97 Å². The van der Waals surface area contributed by atoms with Gasteiger partial charge in [0.05, 0.1) is 24.3 Å². The maximum absolute atomic E-state index is 12.5. The monoisotopic (exact) mass is 358 g/mol. The highest BCUT2D eigenvalue weighted by atomic mass is 32.1. The molecule has 0 aliphatic carbocycles. The molecule has 0 aliphatic rings. The summed E-state index contributed by atoms with van der Waals surface area (Å²) >= 11 is 2.76. The largest absolute Gasteiger partial charge is 0.296 e. The number of thiazole rings is 1. The first-order valence-electron chi connectivity index (χ1n) is 7.35. The summed E-state index contributed by atoms with van der Waals surface area (Å²) in [6.45, 7) is 3.64. The Morgan fingerprint density at radius 2 is 2.29 bits per heavy atom. The Kier molecular flexibility index (Phi) is 4.55. The van der Waals surface area contributed by atoms with Crippen molar-refractivity contribution < 1.29 is 4.79 Å². The molecular formula is C16H14N4O2S2. The maximum atomic E-state index is 12.5. The van der Waals surface area contributed by atoms with Crippen molar-refractivity contribution in [3.8, 4) is 6.07 Å². The highest BCUT2D eigenvalue weighted by Gasteiger charge is 2.24. The van der Waals surface area contributed by atoms with Crippen LogP contribution in [0.4, 0.5) is 0 Å². The van der Waals surface area contributed by atoms with Crippen molar-refractivity contribution >= 4 is 38.7 Å². The van der Waals surface area contributed by atoms with Crippen LogP contribution in [-0.2, 0) is 17.8 Å². The molecule has 1 atom stereocenters. The Bertz CT molecular complexity index is 1010. The van der Waals surface area contributed by atoms with Gasteiger partial charge in [-0.05, 0) is 19.4 Å². The molecule has 0 fully saturated rings. The zero-order valence-electron chi connectivity index (χ0n) is 13.1. The normalized spacial score (nSPS) is 12.2. The van der Waals surface area contributed by atoms with Crippen LogP contribution in [0.3, 0.4) is 0 Å². The molecule has 0 amide bonds. The molecule has 0 spiro atoms. The fourth-order valence-corrected chi connectivity index (χ4v) is 4.11. The van der Waals surface area contributed by atoms with E-state index in [2.05, 4.69) is 9.97 Å². The van der Waals surface area contributed by atoms with Gasteiger partial charge in [0.1, 0.15) is 9.84 Å². The van der Waals surface area contributed by atoms with Gasteiger partial charge in [0.2, 0.25) is 0 Å². The molecule has 6 nitrogen and oxygen atoms in total. The molecule has 0 saturated carbocycles. The second-order valence-electron chi connectivity index (χ2n) is 5.32. The number of rotatable bonds is 5. The zero-order chi connectivity index (χ0) is 17.3. The summed E-state index contributed by atoms with van der Waals surface area (Å²) in [7, 11) is 0. The molecule has 3 aromatic heterocycles. The summed E-state index contributed by atoms with van der Waals surface area (Å²) in [6, 6.07) is 3.81. The lowest BCUT2D eigenvalue weighted by atomic mass is 10.1. The Labute approximate surface area is 146 Å². The number of thiophene rings is 1. The van der Waals surface area contributed by atoms with Gasteiger partial charge < -0.3 is 0 Å². The van der Waals surface area contributed by atoms with Gasteiger partial charge in [-0.2, -0.15) is 5.26 Å². The third-order valence-electron chi connectivity index (χ3n) is 3.58. The molecule has 8 heteroatoms. The number of hydrogen-bond donors (Lipinski definition) is 0. The van der Waals surface area contributed by atoms with Gasteiger partial charge in [-0.15, -0.1) is 22.7 Å². The van der Waals surface area contributed by atoms with E-state index >= 15 is 0 Å². The second kappa shape index (κ2) is 6.63. The first-order valence-corrected chi connectivity index (χ1v) is 9.05. The lowest BCUT2D eigenvalue weighted by Gasteiger charge is -2.07. The van der Waals surface area contributed by atoms with Crippen LogP contribution in [0.15, 0.2) is 22.6 Å². The van der Waals surface area contributed by atoms with E-state index in [9.17, 15) is 14.9 Å². The first-order chi connectivity index (χ1) is 11.5. The maximum Gasteiger partial charge on any atom is 0.262 e. The molecule has 24 heavy (non-hydrogen) atoms. The Morgan fingerprint density at radius 3 is 2.92 bits per heavy atom. The highest BCUT2D eigenvalue weighted by Crippen LogP contribution is 2.22. The molecule has 3 heterocycles. The van der Waals surface area contributed by atoms with Crippen molar-refractivity contribution in [3.05, 3.63) is 43.7 Å². The van der Waals surface area contributed by atoms with E-state index in [1.807, 2.05) is 26.0 Å². The van der Waals surface area contributed by atoms with Crippen LogP contribution < -0.4 is 5.56 Å². The molecule has 0 bridgehead atoms. The van der Waals surface area contributed by atoms with Crippen molar-refractivity contribution in [2.45, 2.75) is 32.7 Å². The lowest BCUT2D eigenvalue weighted by molar-refractivity contribution is -0.120. The van der Waals surface area contributed by atoms with E-state index in [4.69, 9.17) is 0 Å². The first kappa shape index (κ1) is 16.5. The minimum Gasteiger partial charge on any atom is -0.296 e. The Hall–Kier alpha value is -2.37. The van der Waals surface area contributed by atoms with Crippen LogP contribution in [0, 0.1) is 18.3 Å².